The van der Waals surface area contributed by atoms with E-state index in [0.29, 0.717) is 5.58 Å². The molecule has 4 N–H and O–H groups in total. The first-order valence-electron chi connectivity index (χ1n) is 5.23. The number of nitrogens with two attached hydrogens (primary N) is 2. The Labute approximate surface area is 103 Å². The van der Waals surface area contributed by atoms with Crippen LogP contribution in [-0.2, 0) is 0 Å². The Balaban J connectivity index is 2.47. The molecule has 1 heterocycles. The van der Waals surface area contributed by atoms with Gasteiger partial charge in [-0.2, -0.15) is 5.10 Å². The van der Waals surface area contributed by atoms with E-state index in [1.807, 2.05) is 19.1 Å². The largest absolute Gasteiger partial charge is 0.423 e. The van der Waals surface area contributed by atoms with Crippen molar-refractivity contribution in [2.75, 3.05) is 0 Å². The van der Waals surface area contributed by atoms with Crippen molar-refractivity contribution in [1.29, 1.82) is 0 Å². The molecule has 6 nitrogen and oxygen atoms in total. The molecule has 0 fully saturated rings. The summed E-state index contributed by atoms with van der Waals surface area (Å²) in [5.74, 6) is -0.116. The maximum Gasteiger partial charge on any atom is 0.336 e. The van der Waals surface area contributed by atoms with Gasteiger partial charge in [-0.05, 0) is 24.1 Å². The van der Waals surface area contributed by atoms with Crippen molar-refractivity contribution in [1.82, 2.24) is 0 Å². The van der Waals surface area contributed by atoms with E-state index in [2.05, 4.69) is 10.2 Å². The smallest absolute Gasteiger partial charge is 0.336 e. The second-order valence-corrected chi connectivity index (χ2v) is 3.77. The lowest BCUT2D eigenvalue weighted by Gasteiger charge is -2.00. The van der Waals surface area contributed by atoms with Gasteiger partial charge in [0.15, 0.2) is 0 Å². The molecule has 0 aliphatic rings. The summed E-state index contributed by atoms with van der Waals surface area (Å²) < 4.78 is 5.11. The minimum atomic E-state index is -0.377. The van der Waals surface area contributed by atoms with Crippen LogP contribution >= 0.6 is 0 Å². The van der Waals surface area contributed by atoms with Crippen LogP contribution in [0.4, 0.5) is 0 Å². The average Bonchev–Trinajstić information content (AvgIpc) is 2.27. The number of nitrogens with zero attached hydrogens (tertiary/aromatic N) is 2. The number of guanidine groups is 1. The van der Waals surface area contributed by atoms with Crippen molar-refractivity contribution in [3.05, 3.63) is 45.8 Å². The summed E-state index contributed by atoms with van der Waals surface area (Å²) in [6.45, 7) is 1.85. The molecule has 6 heteroatoms. The summed E-state index contributed by atoms with van der Waals surface area (Å²) in [6, 6.07) is 6.84. The highest BCUT2D eigenvalue weighted by Gasteiger charge is 2.02. The number of hydrogen-bond acceptors (Lipinski definition) is 4. The van der Waals surface area contributed by atoms with E-state index in [-0.39, 0.29) is 11.6 Å². The highest BCUT2D eigenvalue weighted by molar-refractivity contribution is 5.89. The Morgan fingerprint density at radius 3 is 2.83 bits per heavy atom. The van der Waals surface area contributed by atoms with Gasteiger partial charge in [0, 0.05) is 11.5 Å². The van der Waals surface area contributed by atoms with E-state index in [0.717, 1.165) is 16.5 Å². The number of aryl methyl sites for hydroxylation is 1. The molecule has 0 amide bonds. The third-order valence-corrected chi connectivity index (χ3v) is 2.36. The van der Waals surface area contributed by atoms with Gasteiger partial charge in [0.2, 0.25) is 5.96 Å². The molecular formula is C12H12N4O2. The van der Waals surface area contributed by atoms with Gasteiger partial charge >= 0.3 is 5.63 Å². The summed E-state index contributed by atoms with van der Waals surface area (Å²) >= 11 is 0. The van der Waals surface area contributed by atoms with Crippen LogP contribution in [0.25, 0.3) is 11.0 Å². The Morgan fingerprint density at radius 1 is 1.33 bits per heavy atom. The Hall–Kier alpha value is -2.63. The van der Waals surface area contributed by atoms with Crippen LogP contribution in [0.15, 0.2) is 43.7 Å². The SMILES string of the molecule is Cc1cc(=O)oc2cc(C=NN=C(N)N)ccc12. The summed E-state index contributed by atoms with van der Waals surface area (Å²) in [4.78, 5) is 11.3. The molecule has 92 valence electrons. The zero-order valence-electron chi connectivity index (χ0n) is 9.75. The number of rotatable bonds is 2. The van der Waals surface area contributed by atoms with Crippen LogP contribution in [0.1, 0.15) is 11.1 Å². The van der Waals surface area contributed by atoms with Gasteiger partial charge in [-0.1, -0.05) is 12.1 Å². The molecule has 0 bridgehead atoms. The standard InChI is InChI=1S/C12H12N4O2/c1-7-4-11(17)18-10-5-8(2-3-9(7)10)6-15-16-12(13)14/h2-6H,1H3,(H4,13,14,16). The fourth-order valence-corrected chi connectivity index (χ4v) is 1.58. The average molecular weight is 244 g/mol. The van der Waals surface area contributed by atoms with Gasteiger partial charge < -0.3 is 15.9 Å². The number of hydrogen-bond donors (Lipinski definition) is 2. The van der Waals surface area contributed by atoms with Crippen LogP contribution in [0.2, 0.25) is 0 Å². The maximum absolute atomic E-state index is 11.3. The van der Waals surface area contributed by atoms with E-state index >= 15 is 0 Å². The van der Waals surface area contributed by atoms with Crippen molar-refractivity contribution < 1.29 is 4.42 Å². The minimum absolute atomic E-state index is 0.116. The van der Waals surface area contributed by atoms with Crippen molar-refractivity contribution in [3.63, 3.8) is 0 Å². The summed E-state index contributed by atoms with van der Waals surface area (Å²) in [5.41, 5.74) is 12.0. The second kappa shape index (κ2) is 4.70. The lowest BCUT2D eigenvalue weighted by Crippen LogP contribution is -2.21. The first-order chi connectivity index (χ1) is 8.56. The first-order valence-corrected chi connectivity index (χ1v) is 5.23. The summed E-state index contributed by atoms with van der Waals surface area (Å²) in [5, 5.41) is 8.05. The van der Waals surface area contributed by atoms with E-state index in [1.165, 1.54) is 12.3 Å². The molecule has 2 aromatic rings. The lowest BCUT2D eigenvalue weighted by atomic mass is 10.1. The molecule has 0 unspecified atom stereocenters. The van der Waals surface area contributed by atoms with Crippen LogP contribution in [0, 0.1) is 6.92 Å². The molecule has 0 spiro atoms. The Kier molecular flexibility index (Phi) is 3.09. The molecule has 0 aliphatic heterocycles. The van der Waals surface area contributed by atoms with Gasteiger partial charge in [-0.3, -0.25) is 0 Å². The van der Waals surface area contributed by atoms with Crippen molar-refractivity contribution in [2.45, 2.75) is 6.92 Å². The van der Waals surface area contributed by atoms with E-state index in [4.69, 9.17) is 15.9 Å². The Bertz CT molecular complexity index is 697. The van der Waals surface area contributed by atoms with E-state index in [9.17, 15) is 4.79 Å². The molecule has 1 aromatic carbocycles. The zero-order valence-corrected chi connectivity index (χ0v) is 9.75. The predicted molar refractivity (Wildman–Crippen MR) is 70.6 cm³/mol. The maximum atomic E-state index is 11.3. The van der Waals surface area contributed by atoms with Crippen LogP contribution in [-0.4, -0.2) is 12.2 Å². The molecule has 0 aliphatic carbocycles. The van der Waals surface area contributed by atoms with Gasteiger partial charge in [0.1, 0.15) is 5.58 Å². The molecule has 0 saturated heterocycles. The number of fused-ring (bicyclic) bond motifs is 1. The lowest BCUT2D eigenvalue weighted by molar-refractivity contribution is 0.560. The van der Waals surface area contributed by atoms with Crippen molar-refractivity contribution >= 4 is 23.1 Å². The van der Waals surface area contributed by atoms with Crippen molar-refractivity contribution in [2.24, 2.45) is 21.7 Å². The minimum Gasteiger partial charge on any atom is -0.423 e. The fourth-order valence-electron chi connectivity index (χ4n) is 1.58. The first kappa shape index (κ1) is 11.8. The third kappa shape index (κ3) is 2.54. The van der Waals surface area contributed by atoms with Gasteiger partial charge in [0.05, 0.1) is 6.21 Å². The monoisotopic (exact) mass is 244 g/mol. The molecule has 0 saturated carbocycles. The van der Waals surface area contributed by atoms with Crippen LogP contribution in [0.5, 0.6) is 0 Å². The fraction of sp³-hybridized carbons (Fsp3) is 0.0833. The topological polar surface area (TPSA) is 107 Å². The van der Waals surface area contributed by atoms with E-state index < -0.39 is 0 Å². The van der Waals surface area contributed by atoms with Gasteiger partial charge in [0.25, 0.3) is 0 Å². The molecule has 18 heavy (non-hydrogen) atoms. The molecule has 1 aromatic heterocycles. The quantitative estimate of drug-likeness (QED) is 0.351. The predicted octanol–water partition coefficient (Wildman–Crippen LogP) is 0.709. The van der Waals surface area contributed by atoms with Crippen LogP contribution in [0.3, 0.4) is 0 Å². The molecule has 0 radical (unpaired) electrons. The summed E-state index contributed by atoms with van der Waals surface area (Å²) in [6.07, 6.45) is 1.47. The summed E-state index contributed by atoms with van der Waals surface area (Å²) in [7, 11) is 0. The Morgan fingerprint density at radius 2 is 2.11 bits per heavy atom. The molecule has 2 rings (SSSR count). The molecular weight excluding hydrogens is 232 g/mol. The normalized spacial score (nSPS) is 10.9. The van der Waals surface area contributed by atoms with Crippen molar-refractivity contribution in [3.8, 4) is 0 Å². The highest BCUT2D eigenvalue weighted by atomic mass is 16.4. The zero-order chi connectivity index (χ0) is 13.1. The molecule has 0 atom stereocenters. The van der Waals surface area contributed by atoms with Gasteiger partial charge in [-0.25, -0.2) is 4.79 Å². The van der Waals surface area contributed by atoms with E-state index in [1.54, 1.807) is 6.07 Å². The van der Waals surface area contributed by atoms with Gasteiger partial charge in [-0.15, -0.1) is 5.10 Å². The second-order valence-electron chi connectivity index (χ2n) is 3.77. The third-order valence-electron chi connectivity index (χ3n) is 2.36. The highest BCUT2D eigenvalue weighted by Crippen LogP contribution is 2.17. The van der Waals surface area contributed by atoms with Crippen LogP contribution < -0.4 is 17.1 Å². The number of benzene rings is 1.